The van der Waals surface area contributed by atoms with Crippen LogP contribution in [0.15, 0.2) is 48.5 Å². The maximum Gasteiger partial charge on any atom is 0.123 e. The molecule has 1 atom stereocenters. The largest absolute Gasteiger partial charge is 0.324 e. The molecule has 0 heterocycles. The molecule has 0 spiro atoms. The Kier molecular flexibility index (Phi) is 3.55. The van der Waals surface area contributed by atoms with E-state index in [1.165, 1.54) is 12.1 Å². The molecule has 0 radical (unpaired) electrons. The Hall–Kier alpha value is -1.67. The molecule has 88 valence electrons. The maximum atomic E-state index is 12.8. The van der Waals surface area contributed by atoms with Crippen LogP contribution in [0, 0.1) is 5.82 Å². The van der Waals surface area contributed by atoms with Crippen molar-refractivity contribution in [3.8, 4) is 11.1 Å². The normalized spacial score (nSPS) is 12.4. The Morgan fingerprint density at radius 2 is 1.76 bits per heavy atom. The lowest BCUT2D eigenvalue weighted by Gasteiger charge is -2.11. The van der Waals surface area contributed by atoms with Gasteiger partial charge >= 0.3 is 0 Å². The Morgan fingerprint density at radius 3 is 2.41 bits per heavy atom. The fourth-order valence-corrected chi connectivity index (χ4v) is 1.83. The smallest absolute Gasteiger partial charge is 0.123 e. The van der Waals surface area contributed by atoms with Gasteiger partial charge in [-0.1, -0.05) is 37.3 Å². The zero-order valence-corrected chi connectivity index (χ0v) is 9.86. The summed E-state index contributed by atoms with van der Waals surface area (Å²) >= 11 is 0. The quantitative estimate of drug-likeness (QED) is 0.848. The van der Waals surface area contributed by atoms with E-state index in [9.17, 15) is 4.39 Å². The van der Waals surface area contributed by atoms with Crippen LogP contribution in [-0.4, -0.2) is 0 Å². The standard InChI is InChI=1S/C15H16FN/c1-2-15(17)13-5-3-4-12(10-13)11-6-8-14(16)9-7-11/h3-10,15H,2,17H2,1H3. The summed E-state index contributed by atoms with van der Waals surface area (Å²) < 4.78 is 12.8. The van der Waals surface area contributed by atoms with Gasteiger partial charge in [-0.25, -0.2) is 4.39 Å². The SMILES string of the molecule is CCC(N)c1cccc(-c2ccc(F)cc2)c1. The van der Waals surface area contributed by atoms with Gasteiger partial charge in [0.15, 0.2) is 0 Å². The van der Waals surface area contributed by atoms with E-state index in [4.69, 9.17) is 5.73 Å². The van der Waals surface area contributed by atoms with Gasteiger partial charge < -0.3 is 5.73 Å². The number of nitrogens with two attached hydrogens (primary N) is 1. The summed E-state index contributed by atoms with van der Waals surface area (Å²) in [5, 5.41) is 0. The monoisotopic (exact) mass is 229 g/mol. The van der Waals surface area contributed by atoms with Crippen molar-refractivity contribution in [3.05, 3.63) is 59.9 Å². The molecular formula is C15H16FN. The van der Waals surface area contributed by atoms with Crippen LogP contribution < -0.4 is 5.73 Å². The van der Waals surface area contributed by atoms with E-state index >= 15 is 0 Å². The molecular weight excluding hydrogens is 213 g/mol. The first kappa shape index (κ1) is 11.8. The van der Waals surface area contributed by atoms with Crippen molar-refractivity contribution >= 4 is 0 Å². The molecule has 0 aliphatic carbocycles. The Bertz CT molecular complexity index is 491. The summed E-state index contributed by atoms with van der Waals surface area (Å²) in [5.41, 5.74) is 9.21. The lowest BCUT2D eigenvalue weighted by molar-refractivity contribution is 0.628. The van der Waals surface area contributed by atoms with Gasteiger partial charge in [0.25, 0.3) is 0 Å². The number of halogens is 1. The van der Waals surface area contributed by atoms with E-state index in [2.05, 4.69) is 13.0 Å². The number of hydrogen-bond acceptors (Lipinski definition) is 1. The van der Waals surface area contributed by atoms with Gasteiger partial charge in [0, 0.05) is 6.04 Å². The van der Waals surface area contributed by atoms with Gasteiger partial charge in [0.1, 0.15) is 5.82 Å². The first-order chi connectivity index (χ1) is 8.20. The number of hydrogen-bond donors (Lipinski definition) is 1. The summed E-state index contributed by atoms with van der Waals surface area (Å²) in [6.45, 7) is 2.06. The molecule has 2 aromatic carbocycles. The van der Waals surface area contributed by atoms with E-state index in [1.807, 2.05) is 18.2 Å². The third kappa shape index (κ3) is 2.71. The van der Waals surface area contributed by atoms with Crippen LogP contribution in [0.2, 0.25) is 0 Å². The van der Waals surface area contributed by atoms with Crippen molar-refractivity contribution in [2.75, 3.05) is 0 Å². The molecule has 2 rings (SSSR count). The molecule has 2 heteroatoms. The molecule has 1 nitrogen and oxygen atoms in total. The minimum atomic E-state index is -0.213. The zero-order valence-electron chi connectivity index (χ0n) is 9.86. The minimum absolute atomic E-state index is 0.0652. The Morgan fingerprint density at radius 1 is 1.06 bits per heavy atom. The van der Waals surface area contributed by atoms with Crippen LogP contribution in [0.5, 0.6) is 0 Å². The molecule has 2 N–H and O–H groups in total. The van der Waals surface area contributed by atoms with Gasteiger partial charge in [-0.3, -0.25) is 0 Å². The van der Waals surface area contributed by atoms with E-state index < -0.39 is 0 Å². The molecule has 0 aliphatic heterocycles. The third-order valence-corrected chi connectivity index (χ3v) is 2.93. The van der Waals surface area contributed by atoms with Crippen molar-refractivity contribution in [3.63, 3.8) is 0 Å². The molecule has 0 bridgehead atoms. The highest BCUT2D eigenvalue weighted by molar-refractivity contribution is 5.64. The van der Waals surface area contributed by atoms with Crippen molar-refractivity contribution < 1.29 is 4.39 Å². The predicted molar refractivity (Wildman–Crippen MR) is 69.1 cm³/mol. The molecule has 0 aromatic heterocycles. The number of benzene rings is 2. The van der Waals surface area contributed by atoms with Gasteiger partial charge in [0.05, 0.1) is 0 Å². The highest BCUT2D eigenvalue weighted by atomic mass is 19.1. The van der Waals surface area contributed by atoms with Crippen molar-refractivity contribution in [2.24, 2.45) is 5.73 Å². The highest BCUT2D eigenvalue weighted by Crippen LogP contribution is 2.23. The van der Waals surface area contributed by atoms with Crippen LogP contribution in [0.25, 0.3) is 11.1 Å². The van der Waals surface area contributed by atoms with Gasteiger partial charge in [-0.05, 0) is 41.3 Å². The topological polar surface area (TPSA) is 26.0 Å². The summed E-state index contributed by atoms with van der Waals surface area (Å²) in [4.78, 5) is 0. The molecule has 2 aromatic rings. The highest BCUT2D eigenvalue weighted by Gasteiger charge is 2.05. The molecule has 1 unspecified atom stereocenters. The van der Waals surface area contributed by atoms with Crippen LogP contribution in [-0.2, 0) is 0 Å². The summed E-state index contributed by atoms with van der Waals surface area (Å²) in [6, 6.07) is 14.7. The summed E-state index contributed by atoms with van der Waals surface area (Å²) in [7, 11) is 0. The first-order valence-corrected chi connectivity index (χ1v) is 5.82. The lowest BCUT2D eigenvalue weighted by atomic mass is 9.99. The molecule has 17 heavy (non-hydrogen) atoms. The van der Waals surface area contributed by atoms with E-state index in [1.54, 1.807) is 12.1 Å². The molecule has 0 aliphatic rings. The second kappa shape index (κ2) is 5.11. The van der Waals surface area contributed by atoms with Crippen LogP contribution >= 0.6 is 0 Å². The van der Waals surface area contributed by atoms with Gasteiger partial charge in [-0.15, -0.1) is 0 Å². The fraction of sp³-hybridized carbons (Fsp3) is 0.200. The predicted octanol–water partition coefficient (Wildman–Crippen LogP) is 3.90. The van der Waals surface area contributed by atoms with Gasteiger partial charge in [-0.2, -0.15) is 0 Å². The van der Waals surface area contributed by atoms with Crippen LogP contribution in [0.3, 0.4) is 0 Å². The van der Waals surface area contributed by atoms with Crippen molar-refractivity contribution in [2.45, 2.75) is 19.4 Å². The Balaban J connectivity index is 2.36. The molecule has 0 saturated heterocycles. The van der Waals surface area contributed by atoms with Gasteiger partial charge in [0.2, 0.25) is 0 Å². The van der Waals surface area contributed by atoms with E-state index in [-0.39, 0.29) is 11.9 Å². The second-order valence-corrected chi connectivity index (χ2v) is 4.15. The number of rotatable bonds is 3. The average Bonchev–Trinajstić information content (AvgIpc) is 2.39. The third-order valence-electron chi connectivity index (χ3n) is 2.93. The molecule has 0 amide bonds. The second-order valence-electron chi connectivity index (χ2n) is 4.15. The average molecular weight is 229 g/mol. The van der Waals surface area contributed by atoms with Crippen LogP contribution in [0.1, 0.15) is 24.9 Å². The van der Waals surface area contributed by atoms with Crippen molar-refractivity contribution in [1.82, 2.24) is 0 Å². The first-order valence-electron chi connectivity index (χ1n) is 5.82. The summed E-state index contributed by atoms with van der Waals surface area (Å²) in [6.07, 6.45) is 0.910. The minimum Gasteiger partial charge on any atom is -0.324 e. The fourth-order valence-electron chi connectivity index (χ4n) is 1.83. The molecule has 0 saturated carbocycles. The lowest BCUT2D eigenvalue weighted by Crippen LogP contribution is -2.08. The summed E-state index contributed by atoms with van der Waals surface area (Å²) in [5.74, 6) is -0.213. The Labute approximate surface area is 101 Å². The van der Waals surface area contributed by atoms with Crippen molar-refractivity contribution in [1.29, 1.82) is 0 Å². The maximum absolute atomic E-state index is 12.8. The zero-order chi connectivity index (χ0) is 12.3. The van der Waals surface area contributed by atoms with Crippen LogP contribution in [0.4, 0.5) is 4.39 Å². The van der Waals surface area contributed by atoms with E-state index in [0.29, 0.717) is 0 Å². The van der Waals surface area contributed by atoms with E-state index in [0.717, 1.165) is 23.1 Å². The molecule has 0 fully saturated rings.